The van der Waals surface area contributed by atoms with E-state index in [0.717, 1.165) is 24.5 Å². The minimum Gasteiger partial charge on any atom is -0.497 e. The third kappa shape index (κ3) is 4.19. The van der Waals surface area contributed by atoms with Gasteiger partial charge in [-0.15, -0.1) is 0 Å². The second kappa shape index (κ2) is 7.95. The third-order valence-electron chi connectivity index (χ3n) is 4.57. The van der Waals surface area contributed by atoms with E-state index in [2.05, 4.69) is 10.4 Å². The first-order valence-electron chi connectivity index (χ1n) is 8.76. The fraction of sp³-hybridized carbons (Fsp3) is 0.211. The molecule has 0 saturated heterocycles. The monoisotopic (exact) mass is 452 g/mol. The predicted octanol–water partition coefficient (Wildman–Crippen LogP) is 3.74. The highest BCUT2D eigenvalue weighted by Gasteiger charge is 2.26. The van der Waals surface area contributed by atoms with Crippen molar-refractivity contribution in [1.29, 1.82) is 0 Å². The Morgan fingerprint density at radius 1 is 1.16 bits per heavy atom. The van der Waals surface area contributed by atoms with Gasteiger partial charge in [-0.1, -0.05) is 0 Å². The number of nitro groups is 1. The normalized spacial score (nSPS) is 11.4. The van der Waals surface area contributed by atoms with Crippen LogP contribution in [0.3, 0.4) is 0 Å². The van der Waals surface area contributed by atoms with Gasteiger partial charge in [-0.05, 0) is 19.1 Å². The molecule has 3 aromatic rings. The summed E-state index contributed by atoms with van der Waals surface area (Å²) < 4.78 is 59.1. The van der Waals surface area contributed by atoms with Crippen molar-refractivity contribution in [2.75, 3.05) is 18.7 Å². The van der Waals surface area contributed by atoms with E-state index in [0.29, 0.717) is 0 Å². The van der Waals surface area contributed by atoms with Crippen LogP contribution >= 0.6 is 0 Å². The maximum atomic E-state index is 14.7. The topological polar surface area (TPSA) is 116 Å². The fourth-order valence-electron chi connectivity index (χ4n) is 3.13. The summed E-state index contributed by atoms with van der Waals surface area (Å²) >= 11 is 0. The van der Waals surface area contributed by atoms with Crippen LogP contribution in [0.2, 0.25) is 0 Å². The number of methoxy groups -OCH3 is 1. The molecule has 0 unspecified atom stereocenters. The lowest BCUT2D eigenvalue weighted by Gasteiger charge is -2.13. The molecule has 0 bridgehead atoms. The Labute approximate surface area is 176 Å². The number of anilines is 2. The maximum Gasteiger partial charge on any atom is 0.294 e. The van der Waals surface area contributed by atoms with Crippen LogP contribution in [-0.2, 0) is 16.9 Å². The number of aromatic nitrogens is 2. The molecule has 9 nitrogen and oxygen atoms in total. The van der Waals surface area contributed by atoms with Gasteiger partial charge in [0.25, 0.3) is 5.69 Å². The number of nitrogens with zero attached hydrogens (tertiary/aromatic N) is 3. The summed E-state index contributed by atoms with van der Waals surface area (Å²) in [6.45, 7) is 1.53. The van der Waals surface area contributed by atoms with E-state index in [-0.39, 0.29) is 39.0 Å². The molecule has 0 fully saturated rings. The van der Waals surface area contributed by atoms with Crippen LogP contribution in [-0.4, -0.2) is 36.5 Å². The maximum absolute atomic E-state index is 14.7. The summed E-state index contributed by atoms with van der Waals surface area (Å²) in [4.78, 5) is 10.5. The average molecular weight is 452 g/mol. The summed E-state index contributed by atoms with van der Waals surface area (Å²) in [5.74, 6) is -1.74. The standard InChI is InChI=1S/C19H18F2N4O5S/c1-10-17(18-13(20)7-11(30-3)8-14(18)21)19(24(2)23-10)22-15-6-5-12(31(4,28)29)9-16(15)25(26)27/h5-9,22H,1-4H3. The number of rotatable bonds is 6. The lowest BCUT2D eigenvalue weighted by atomic mass is 10.0. The van der Waals surface area contributed by atoms with Crippen molar-refractivity contribution < 1.29 is 26.9 Å². The van der Waals surface area contributed by atoms with Crippen molar-refractivity contribution in [3.8, 4) is 16.9 Å². The molecule has 2 aromatic carbocycles. The fourth-order valence-corrected chi connectivity index (χ4v) is 3.77. The summed E-state index contributed by atoms with van der Waals surface area (Å²) in [6.07, 6.45) is 0.928. The number of nitrogens with one attached hydrogen (secondary N) is 1. The molecule has 0 radical (unpaired) electrons. The number of benzene rings is 2. The number of sulfone groups is 1. The molecule has 12 heteroatoms. The highest BCUT2D eigenvalue weighted by atomic mass is 32.2. The van der Waals surface area contributed by atoms with E-state index in [1.54, 1.807) is 0 Å². The zero-order chi connectivity index (χ0) is 23.1. The van der Waals surface area contributed by atoms with Crippen LogP contribution in [0, 0.1) is 28.7 Å². The smallest absolute Gasteiger partial charge is 0.294 e. The molecule has 0 saturated carbocycles. The minimum absolute atomic E-state index is 0.0122. The van der Waals surface area contributed by atoms with E-state index in [1.165, 1.54) is 37.9 Å². The highest BCUT2D eigenvalue weighted by molar-refractivity contribution is 7.90. The Hall–Kier alpha value is -3.54. The van der Waals surface area contributed by atoms with Crippen molar-refractivity contribution in [3.63, 3.8) is 0 Å². The van der Waals surface area contributed by atoms with Gasteiger partial charge in [-0.25, -0.2) is 17.2 Å². The lowest BCUT2D eigenvalue weighted by molar-refractivity contribution is -0.384. The van der Waals surface area contributed by atoms with E-state index in [9.17, 15) is 27.3 Å². The predicted molar refractivity (Wildman–Crippen MR) is 109 cm³/mol. The second-order valence-electron chi connectivity index (χ2n) is 6.73. The van der Waals surface area contributed by atoms with Crippen LogP contribution in [0.4, 0.5) is 26.0 Å². The summed E-state index contributed by atoms with van der Waals surface area (Å²) in [7, 11) is -0.914. The van der Waals surface area contributed by atoms with Crippen LogP contribution in [0.5, 0.6) is 5.75 Å². The second-order valence-corrected chi connectivity index (χ2v) is 8.75. The number of aryl methyl sites for hydroxylation is 2. The van der Waals surface area contributed by atoms with Crippen LogP contribution in [0.25, 0.3) is 11.1 Å². The number of halogens is 2. The molecule has 31 heavy (non-hydrogen) atoms. The van der Waals surface area contributed by atoms with Crippen molar-refractivity contribution in [2.45, 2.75) is 11.8 Å². The molecule has 1 N–H and O–H groups in total. The van der Waals surface area contributed by atoms with Gasteiger partial charge in [-0.2, -0.15) is 5.10 Å². The van der Waals surface area contributed by atoms with E-state index >= 15 is 0 Å². The summed E-state index contributed by atoms with van der Waals surface area (Å²) in [5.41, 5.74) is -0.659. The molecule has 0 atom stereocenters. The summed E-state index contributed by atoms with van der Waals surface area (Å²) in [6, 6.07) is 5.34. The molecule has 0 spiro atoms. The van der Waals surface area contributed by atoms with Gasteiger partial charge in [0.2, 0.25) is 0 Å². The van der Waals surface area contributed by atoms with Gasteiger partial charge in [0.15, 0.2) is 9.84 Å². The molecular formula is C19H18F2N4O5S. The Morgan fingerprint density at radius 2 is 1.77 bits per heavy atom. The van der Waals surface area contributed by atoms with Gasteiger partial charge in [0.1, 0.15) is 28.9 Å². The SMILES string of the molecule is COc1cc(F)c(-c2c(C)nn(C)c2Nc2ccc(S(C)(=O)=O)cc2[N+](=O)[O-])c(F)c1. The van der Waals surface area contributed by atoms with Gasteiger partial charge in [-0.3, -0.25) is 14.8 Å². The molecule has 0 aliphatic heterocycles. The van der Waals surface area contributed by atoms with Gasteiger partial charge in [0.05, 0.1) is 33.7 Å². The van der Waals surface area contributed by atoms with Crippen LogP contribution in [0.1, 0.15) is 5.69 Å². The Kier molecular flexibility index (Phi) is 5.68. The molecule has 0 amide bonds. The quantitative estimate of drug-likeness (QED) is 0.447. The molecule has 1 aromatic heterocycles. The molecule has 3 rings (SSSR count). The molecule has 0 aliphatic carbocycles. The Morgan fingerprint density at radius 3 is 2.29 bits per heavy atom. The van der Waals surface area contributed by atoms with Gasteiger partial charge in [0, 0.05) is 31.5 Å². The first-order chi connectivity index (χ1) is 14.4. The number of nitro benzene ring substituents is 1. The molecular weight excluding hydrogens is 434 g/mol. The largest absolute Gasteiger partial charge is 0.497 e. The number of hydrogen-bond donors (Lipinski definition) is 1. The van der Waals surface area contributed by atoms with Crippen molar-refractivity contribution >= 4 is 27.0 Å². The zero-order valence-corrected chi connectivity index (χ0v) is 17.8. The zero-order valence-electron chi connectivity index (χ0n) is 16.9. The molecule has 164 valence electrons. The minimum atomic E-state index is -3.68. The van der Waals surface area contributed by atoms with Gasteiger partial charge >= 0.3 is 0 Å². The summed E-state index contributed by atoms with van der Waals surface area (Å²) in [5, 5.41) is 18.5. The van der Waals surface area contributed by atoms with Crippen molar-refractivity contribution in [1.82, 2.24) is 9.78 Å². The Balaban J connectivity index is 2.19. The van der Waals surface area contributed by atoms with Crippen LogP contribution < -0.4 is 10.1 Å². The third-order valence-corrected chi connectivity index (χ3v) is 5.68. The molecule has 0 aliphatic rings. The van der Waals surface area contributed by atoms with Crippen molar-refractivity contribution in [3.05, 3.63) is 57.8 Å². The number of ether oxygens (including phenoxy) is 1. The average Bonchev–Trinajstić information content (AvgIpc) is 2.94. The highest BCUT2D eigenvalue weighted by Crippen LogP contribution is 2.39. The van der Waals surface area contributed by atoms with Crippen molar-refractivity contribution in [2.24, 2.45) is 7.05 Å². The first kappa shape index (κ1) is 22.2. The first-order valence-corrected chi connectivity index (χ1v) is 10.7. The Bertz CT molecular complexity index is 1280. The number of hydrogen-bond acceptors (Lipinski definition) is 7. The van der Waals surface area contributed by atoms with Crippen LogP contribution in [0.15, 0.2) is 35.2 Å². The van der Waals surface area contributed by atoms with E-state index < -0.39 is 32.1 Å². The van der Waals surface area contributed by atoms with E-state index in [4.69, 9.17) is 4.74 Å². The molecule has 1 heterocycles. The lowest BCUT2D eigenvalue weighted by Crippen LogP contribution is -2.05. The van der Waals surface area contributed by atoms with Gasteiger partial charge < -0.3 is 10.1 Å². The van der Waals surface area contributed by atoms with E-state index in [1.807, 2.05) is 0 Å².